The van der Waals surface area contributed by atoms with Gasteiger partial charge in [0.05, 0.1) is 0 Å². The third-order valence-corrected chi connectivity index (χ3v) is 10.2. The van der Waals surface area contributed by atoms with E-state index in [0.717, 1.165) is 13.8 Å². The first-order valence-electron chi connectivity index (χ1n) is 12.0. The maximum atomic E-state index is 14.5. The molecule has 0 aliphatic carbocycles. The zero-order chi connectivity index (χ0) is 31.9. The minimum absolute atomic E-state index is 0.0784. The molecule has 0 amide bonds. The van der Waals surface area contributed by atoms with Gasteiger partial charge in [-0.3, -0.25) is 0 Å². The van der Waals surface area contributed by atoms with Gasteiger partial charge in [0.25, 0.3) is 0 Å². The Hall–Kier alpha value is -2.17. The Morgan fingerprint density at radius 3 is 1.10 bits per heavy atom. The van der Waals surface area contributed by atoms with Crippen LogP contribution in [0, 0.1) is 0 Å². The van der Waals surface area contributed by atoms with Gasteiger partial charge in [0.15, 0.2) is 0 Å². The van der Waals surface area contributed by atoms with Gasteiger partial charge in [0.2, 0.25) is 0 Å². The average Bonchev–Trinajstić information content (AvgIpc) is 3.21. The van der Waals surface area contributed by atoms with E-state index in [1.165, 1.54) is 60.7 Å². The van der Waals surface area contributed by atoms with Crippen LogP contribution in [0.2, 0.25) is 0 Å². The van der Waals surface area contributed by atoms with E-state index in [2.05, 4.69) is 9.05 Å². The molecule has 238 valence electrons. The Morgan fingerprint density at radius 2 is 0.857 bits per heavy atom. The van der Waals surface area contributed by atoms with Crippen LogP contribution >= 0.6 is 7.66 Å². The maximum absolute atomic E-state index is 14.5. The number of nitrogens with zero attached hydrogens (tertiary/aromatic N) is 1. The molecular formula is C24H24F12NO4P. The van der Waals surface area contributed by atoms with Crippen LogP contribution < -0.4 is 0 Å². The predicted octanol–water partition coefficient (Wildman–Crippen LogP) is 8.66. The Morgan fingerprint density at radius 1 is 0.571 bits per heavy atom. The van der Waals surface area contributed by atoms with Crippen molar-refractivity contribution in [3.63, 3.8) is 0 Å². The van der Waals surface area contributed by atoms with Crippen LogP contribution in [0.4, 0.5) is 52.7 Å². The summed E-state index contributed by atoms with van der Waals surface area (Å²) in [7, 11) is -7.47. The predicted molar refractivity (Wildman–Crippen MR) is 124 cm³/mol. The van der Waals surface area contributed by atoms with Crippen molar-refractivity contribution in [3.05, 3.63) is 71.8 Å². The molecule has 18 heteroatoms. The number of hydrogen-bond donors (Lipinski definition) is 0. The van der Waals surface area contributed by atoms with Crippen molar-refractivity contribution in [1.82, 2.24) is 4.67 Å². The molecule has 5 nitrogen and oxygen atoms in total. The van der Waals surface area contributed by atoms with Crippen molar-refractivity contribution in [2.75, 3.05) is 13.1 Å². The molecule has 0 bridgehead atoms. The van der Waals surface area contributed by atoms with Crippen LogP contribution in [0.3, 0.4) is 0 Å². The fraction of sp³-hybridized carbons (Fsp3) is 0.500. The van der Waals surface area contributed by atoms with Gasteiger partial charge in [-0.2, -0.15) is 0 Å². The summed E-state index contributed by atoms with van der Waals surface area (Å²) in [5.41, 5.74) is -14.3. The van der Waals surface area contributed by atoms with Gasteiger partial charge >= 0.3 is 231 Å². The summed E-state index contributed by atoms with van der Waals surface area (Å²) >= 11 is 0. The van der Waals surface area contributed by atoms with E-state index >= 15 is 0 Å². The molecule has 2 aromatic rings. The molecule has 0 saturated carbocycles. The van der Waals surface area contributed by atoms with Crippen molar-refractivity contribution in [1.29, 1.82) is 0 Å². The van der Waals surface area contributed by atoms with Gasteiger partial charge in [0, 0.05) is 0 Å². The zero-order valence-corrected chi connectivity index (χ0v) is 22.6. The second-order valence-electron chi connectivity index (χ2n) is 8.97. The second kappa shape index (κ2) is 11.1. The molecule has 1 fully saturated rings. The SMILES string of the molecule is CCN(CC)P1(OCc2ccccc2)(OCc2ccccc2)OC(C(F)(F)F)(C(F)(F)F)C(C(F)(F)F)(C(F)(F)F)O1. The summed E-state index contributed by atoms with van der Waals surface area (Å²) in [4.78, 5) is 0. The Balaban J connectivity index is 2.52. The topological polar surface area (TPSA) is 40.2 Å². The molecule has 0 spiro atoms. The molecule has 0 atom stereocenters. The van der Waals surface area contributed by atoms with E-state index in [1.54, 1.807) is 0 Å². The molecule has 1 saturated heterocycles. The van der Waals surface area contributed by atoms with Gasteiger partial charge in [0.1, 0.15) is 0 Å². The molecule has 0 N–H and O–H groups in total. The third kappa shape index (κ3) is 5.25. The molecule has 0 aromatic heterocycles. The van der Waals surface area contributed by atoms with Crippen molar-refractivity contribution in [2.24, 2.45) is 0 Å². The van der Waals surface area contributed by atoms with E-state index in [9.17, 15) is 52.7 Å². The van der Waals surface area contributed by atoms with E-state index < -0.39 is 69.9 Å². The van der Waals surface area contributed by atoms with Crippen LogP contribution in [0.15, 0.2) is 60.7 Å². The van der Waals surface area contributed by atoms with E-state index in [0.29, 0.717) is 0 Å². The van der Waals surface area contributed by atoms with E-state index in [4.69, 9.17) is 9.05 Å². The van der Waals surface area contributed by atoms with E-state index in [-0.39, 0.29) is 15.8 Å². The van der Waals surface area contributed by atoms with Crippen molar-refractivity contribution >= 4 is 7.66 Å². The first-order chi connectivity index (χ1) is 19.2. The average molecular weight is 649 g/mol. The number of benzene rings is 2. The summed E-state index contributed by atoms with van der Waals surface area (Å²) < 4.78 is 194. The van der Waals surface area contributed by atoms with Crippen LogP contribution in [0.5, 0.6) is 0 Å². The molecule has 1 aliphatic heterocycles. The Bertz CT molecular complexity index is 1080. The summed E-state index contributed by atoms with van der Waals surface area (Å²) in [6.07, 6.45) is -29.7. The first kappa shape index (κ1) is 34.3. The summed E-state index contributed by atoms with van der Waals surface area (Å²) in [5.74, 6) is 0. The minimum atomic E-state index is -7.47. The molecule has 1 aliphatic rings. The summed E-state index contributed by atoms with van der Waals surface area (Å²) in [5, 5.41) is 0. The van der Waals surface area contributed by atoms with Crippen molar-refractivity contribution in [3.8, 4) is 0 Å². The van der Waals surface area contributed by atoms with Crippen LogP contribution in [-0.2, 0) is 31.3 Å². The quantitative estimate of drug-likeness (QED) is 0.201. The fourth-order valence-corrected chi connectivity index (χ4v) is 8.67. The fourth-order valence-electron chi connectivity index (χ4n) is 4.55. The summed E-state index contributed by atoms with van der Waals surface area (Å²) in [6, 6.07) is 12.9. The van der Waals surface area contributed by atoms with Gasteiger partial charge in [-0.05, 0) is 0 Å². The number of hydrogen-bond acceptors (Lipinski definition) is 5. The molecule has 1 heterocycles. The third-order valence-electron chi connectivity index (χ3n) is 6.44. The van der Waals surface area contributed by atoms with Gasteiger partial charge in [-0.1, -0.05) is 0 Å². The summed E-state index contributed by atoms with van der Waals surface area (Å²) in [6.45, 7) is -1.94. The second-order valence-corrected chi connectivity index (χ2v) is 12.0. The molecule has 3 rings (SSSR count). The normalized spacial score (nSPS) is 21.2. The van der Waals surface area contributed by atoms with Crippen molar-refractivity contribution in [2.45, 2.75) is 63.0 Å². The molecular weight excluding hydrogens is 625 g/mol. The molecule has 0 radical (unpaired) electrons. The van der Waals surface area contributed by atoms with Gasteiger partial charge in [-0.15, -0.1) is 0 Å². The standard InChI is InChI=1S/C24H24F12NO4P/c1-3-37(4-2)42(38-15-17-11-7-5-8-12-17,39-16-18-13-9-6-10-14-18)40-19(21(25,26)27,22(28,29)30)20(41-42,23(31,32)33)24(34,35)36/h5-14H,3-4,15-16H2,1-2H3. The number of alkyl halides is 12. The Labute approximate surface area is 231 Å². The van der Waals surface area contributed by atoms with Crippen LogP contribution in [0.25, 0.3) is 0 Å². The van der Waals surface area contributed by atoms with E-state index in [1.807, 2.05) is 0 Å². The Kier molecular flexibility index (Phi) is 9.05. The number of rotatable bonds is 9. The van der Waals surface area contributed by atoms with Crippen LogP contribution in [0.1, 0.15) is 25.0 Å². The van der Waals surface area contributed by atoms with Gasteiger partial charge in [-0.25, -0.2) is 0 Å². The van der Waals surface area contributed by atoms with Crippen molar-refractivity contribution < 1.29 is 70.8 Å². The zero-order valence-electron chi connectivity index (χ0n) is 21.7. The monoisotopic (exact) mass is 649 g/mol. The number of halogens is 12. The molecule has 42 heavy (non-hydrogen) atoms. The van der Waals surface area contributed by atoms with Gasteiger partial charge < -0.3 is 0 Å². The van der Waals surface area contributed by atoms with Crippen LogP contribution in [-0.4, -0.2) is 53.7 Å². The first-order valence-corrected chi connectivity index (χ1v) is 13.9. The molecule has 0 unspecified atom stereocenters. The molecule has 2 aromatic carbocycles.